The van der Waals surface area contributed by atoms with Crippen molar-refractivity contribution in [3.8, 4) is 5.69 Å². The molecule has 0 aliphatic heterocycles. The van der Waals surface area contributed by atoms with Crippen LogP contribution in [0.5, 0.6) is 0 Å². The van der Waals surface area contributed by atoms with E-state index in [0.717, 1.165) is 23.9 Å². The number of thioether (sulfide) groups is 1. The van der Waals surface area contributed by atoms with E-state index in [1.54, 1.807) is 13.2 Å². The van der Waals surface area contributed by atoms with Crippen molar-refractivity contribution in [2.75, 3.05) is 12.9 Å². The number of esters is 1. The number of fused-ring (bicyclic) bond motifs is 1. The fraction of sp³-hybridized carbons (Fsp3) is 0.158. The number of carbonyl (C=O) groups is 1. The molecule has 146 valence electrons. The largest absolute Gasteiger partial charge is 0.462 e. The number of aromatic nitrogens is 1. The molecular formula is C19H13ClF3NO3S. The highest BCUT2D eigenvalue weighted by atomic mass is 35.5. The highest BCUT2D eigenvalue weighted by Gasteiger charge is 2.27. The molecule has 28 heavy (non-hydrogen) atoms. The lowest BCUT2D eigenvalue weighted by atomic mass is 10.1. The Morgan fingerprint density at radius 3 is 2.43 bits per heavy atom. The fourth-order valence-electron chi connectivity index (χ4n) is 2.84. The van der Waals surface area contributed by atoms with Crippen molar-refractivity contribution in [1.82, 2.24) is 4.57 Å². The first-order valence-corrected chi connectivity index (χ1v) is 9.65. The number of nitrogens with zero attached hydrogens (tertiary/aromatic N) is 1. The zero-order valence-electron chi connectivity index (χ0n) is 14.7. The summed E-state index contributed by atoms with van der Waals surface area (Å²) in [4.78, 5) is 25.4. The van der Waals surface area contributed by atoms with Crippen LogP contribution in [-0.4, -0.2) is 23.4 Å². The Morgan fingerprint density at radius 1 is 1.21 bits per heavy atom. The topological polar surface area (TPSA) is 48.3 Å². The van der Waals surface area contributed by atoms with Crippen LogP contribution in [0.25, 0.3) is 16.6 Å². The molecule has 1 heterocycles. The predicted octanol–water partition coefficient (Wildman–Crippen LogP) is 4.96. The van der Waals surface area contributed by atoms with Gasteiger partial charge in [0, 0.05) is 5.69 Å². The molecule has 0 saturated heterocycles. The molecule has 0 aliphatic rings. The average molecular weight is 428 g/mol. The van der Waals surface area contributed by atoms with Crippen molar-refractivity contribution in [1.29, 1.82) is 0 Å². The second-order valence-electron chi connectivity index (χ2n) is 5.63. The number of rotatable bonds is 4. The van der Waals surface area contributed by atoms with E-state index < -0.39 is 33.9 Å². The Bertz CT molecular complexity index is 1150. The number of benzene rings is 2. The highest BCUT2D eigenvalue weighted by Crippen LogP contribution is 2.34. The van der Waals surface area contributed by atoms with Crippen LogP contribution in [0.4, 0.5) is 13.2 Å². The van der Waals surface area contributed by atoms with Gasteiger partial charge in [-0.15, -0.1) is 11.8 Å². The van der Waals surface area contributed by atoms with Gasteiger partial charge in [0.1, 0.15) is 16.4 Å². The van der Waals surface area contributed by atoms with Crippen molar-refractivity contribution in [3.63, 3.8) is 0 Å². The number of ether oxygens (including phenoxy) is 1. The zero-order valence-corrected chi connectivity index (χ0v) is 16.3. The van der Waals surface area contributed by atoms with Gasteiger partial charge in [-0.2, -0.15) is 0 Å². The molecule has 9 heteroatoms. The summed E-state index contributed by atoms with van der Waals surface area (Å²) < 4.78 is 47.8. The van der Waals surface area contributed by atoms with E-state index in [1.165, 1.54) is 16.7 Å². The number of hydrogen-bond donors (Lipinski definition) is 0. The van der Waals surface area contributed by atoms with Crippen LogP contribution in [0.2, 0.25) is 5.02 Å². The van der Waals surface area contributed by atoms with Gasteiger partial charge in [-0.3, -0.25) is 4.79 Å². The molecule has 2 aromatic carbocycles. The van der Waals surface area contributed by atoms with Crippen molar-refractivity contribution in [2.24, 2.45) is 0 Å². The Hall–Kier alpha value is -2.45. The van der Waals surface area contributed by atoms with Gasteiger partial charge in [0.25, 0.3) is 0 Å². The molecule has 3 rings (SSSR count). The number of pyridine rings is 1. The van der Waals surface area contributed by atoms with Crippen molar-refractivity contribution < 1.29 is 22.7 Å². The van der Waals surface area contributed by atoms with Gasteiger partial charge in [0.2, 0.25) is 5.43 Å². The summed E-state index contributed by atoms with van der Waals surface area (Å²) in [7, 11) is 0. The van der Waals surface area contributed by atoms with Gasteiger partial charge in [0.15, 0.2) is 11.6 Å². The van der Waals surface area contributed by atoms with Crippen LogP contribution in [0, 0.1) is 17.5 Å². The Kier molecular flexibility index (Phi) is 5.71. The normalized spacial score (nSPS) is 11.1. The number of hydrogen-bond acceptors (Lipinski definition) is 4. The smallest absolute Gasteiger partial charge is 0.344 e. The van der Waals surface area contributed by atoms with Crippen molar-refractivity contribution >= 4 is 40.2 Å². The van der Waals surface area contributed by atoms with Crippen LogP contribution < -0.4 is 5.43 Å². The SMILES string of the molecule is CCOC(=O)c1c(SC)n(-c2ccc(F)cc2)c2c(Cl)c(F)c(F)cc2c1=O. The highest BCUT2D eigenvalue weighted by molar-refractivity contribution is 7.98. The van der Waals surface area contributed by atoms with Crippen LogP contribution in [-0.2, 0) is 4.74 Å². The zero-order chi connectivity index (χ0) is 20.6. The molecule has 0 spiro atoms. The summed E-state index contributed by atoms with van der Waals surface area (Å²) in [5, 5.41) is -0.813. The Morgan fingerprint density at radius 2 is 1.86 bits per heavy atom. The van der Waals surface area contributed by atoms with E-state index in [9.17, 15) is 22.8 Å². The van der Waals surface area contributed by atoms with E-state index in [4.69, 9.17) is 16.3 Å². The summed E-state index contributed by atoms with van der Waals surface area (Å²) in [6, 6.07) is 5.73. The summed E-state index contributed by atoms with van der Waals surface area (Å²) in [5.41, 5.74) is -1.01. The average Bonchev–Trinajstić information content (AvgIpc) is 2.67. The maximum Gasteiger partial charge on any atom is 0.344 e. The summed E-state index contributed by atoms with van der Waals surface area (Å²) in [5.74, 6) is -4.09. The van der Waals surface area contributed by atoms with E-state index in [1.807, 2.05) is 0 Å². The van der Waals surface area contributed by atoms with E-state index in [0.29, 0.717) is 11.8 Å². The molecular weight excluding hydrogens is 415 g/mol. The lowest BCUT2D eigenvalue weighted by molar-refractivity contribution is 0.0519. The standard InChI is InChI=1S/C19H13ClF3NO3S/c1-3-27-19(26)13-17(25)11-8-12(22)15(23)14(20)16(11)24(18(13)28-2)10-6-4-9(21)5-7-10/h4-8H,3H2,1-2H3. The number of halogens is 4. The quantitative estimate of drug-likeness (QED) is 0.335. The third-order valence-electron chi connectivity index (χ3n) is 4.01. The Labute approximate surface area is 166 Å². The minimum Gasteiger partial charge on any atom is -0.462 e. The molecule has 0 amide bonds. The van der Waals surface area contributed by atoms with Gasteiger partial charge in [-0.1, -0.05) is 11.6 Å². The van der Waals surface area contributed by atoms with Gasteiger partial charge < -0.3 is 9.30 Å². The molecule has 1 aromatic heterocycles. The monoisotopic (exact) mass is 427 g/mol. The molecule has 0 bridgehead atoms. The van der Waals surface area contributed by atoms with Gasteiger partial charge in [0.05, 0.1) is 22.5 Å². The number of carbonyl (C=O) groups excluding carboxylic acids is 1. The first-order valence-electron chi connectivity index (χ1n) is 8.05. The summed E-state index contributed by atoms with van der Waals surface area (Å²) in [6.45, 7) is 1.58. The van der Waals surface area contributed by atoms with Crippen molar-refractivity contribution in [3.05, 3.63) is 68.6 Å². The van der Waals surface area contributed by atoms with E-state index in [2.05, 4.69) is 0 Å². The minimum atomic E-state index is -1.33. The van der Waals surface area contributed by atoms with Gasteiger partial charge in [-0.05, 0) is 43.5 Å². The predicted molar refractivity (Wildman–Crippen MR) is 102 cm³/mol. The molecule has 0 aliphatic carbocycles. The second-order valence-corrected chi connectivity index (χ2v) is 6.80. The third-order valence-corrected chi connectivity index (χ3v) is 5.12. The van der Waals surface area contributed by atoms with Gasteiger partial charge in [-0.25, -0.2) is 18.0 Å². The lowest BCUT2D eigenvalue weighted by Gasteiger charge is -2.20. The molecule has 3 aromatic rings. The van der Waals surface area contributed by atoms with E-state index in [-0.39, 0.29) is 28.1 Å². The first kappa shape index (κ1) is 20.3. The summed E-state index contributed by atoms with van der Waals surface area (Å²) in [6.07, 6.45) is 1.59. The molecule has 0 unspecified atom stereocenters. The first-order chi connectivity index (χ1) is 13.3. The van der Waals surface area contributed by atoms with Crippen molar-refractivity contribution in [2.45, 2.75) is 11.9 Å². The second kappa shape index (κ2) is 7.89. The van der Waals surface area contributed by atoms with Crippen LogP contribution in [0.1, 0.15) is 17.3 Å². The molecule has 4 nitrogen and oxygen atoms in total. The van der Waals surface area contributed by atoms with Crippen LogP contribution >= 0.6 is 23.4 Å². The molecule has 0 saturated carbocycles. The fourth-order valence-corrected chi connectivity index (χ4v) is 3.87. The van der Waals surface area contributed by atoms with E-state index >= 15 is 0 Å². The minimum absolute atomic E-state index is 0.0131. The molecule has 0 N–H and O–H groups in total. The molecule has 0 radical (unpaired) electrons. The molecule has 0 atom stereocenters. The van der Waals surface area contributed by atoms with Crippen LogP contribution in [0.3, 0.4) is 0 Å². The Balaban J connectivity index is 2.58. The molecule has 0 fully saturated rings. The third kappa shape index (κ3) is 3.27. The van der Waals surface area contributed by atoms with Crippen LogP contribution in [0.15, 0.2) is 40.2 Å². The maximum atomic E-state index is 14.2. The summed E-state index contributed by atoms with van der Waals surface area (Å²) >= 11 is 7.05. The lowest BCUT2D eigenvalue weighted by Crippen LogP contribution is -2.24. The maximum absolute atomic E-state index is 14.2. The van der Waals surface area contributed by atoms with Gasteiger partial charge >= 0.3 is 5.97 Å².